The Morgan fingerprint density at radius 2 is 1.57 bits per heavy atom. The first-order valence-electron chi connectivity index (χ1n) is 9.66. The van der Waals surface area contributed by atoms with Gasteiger partial charge < -0.3 is 23.8 Å². The Labute approximate surface area is 166 Å². The molecule has 1 aromatic carbocycles. The van der Waals surface area contributed by atoms with Gasteiger partial charge in [0.1, 0.15) is 0 Å². The van der Waals surface area contributed by atoms with Crippen LogP contribution in [-0.4, -0.2) is 56.8 Å². The normalized spacial score (nSPS) is 19.1. The van der Waals surface area contributed by atoms with Gasteiger partial charge in [0.15, 0.2) is 18.1 Å². The van der Waals surface area contributed by atoms with Crippen LogP contribution in [0.4, 0.5) is 0 Å². The number of hydrogen-bond acceptors (Lipinski definition) is 6. The maximum absolute atomic E-state index is 12.4. The highest BCUT2D eigenvalue weighted by Gasteiger charge is 2.29. The Morgan fingerprint density at radius 1 is 1.00 bits per heavy atom. The fourth-order valence-electron chi connectivity index (χ4n) is 3.73. The second-order valence-electron chi connectivity index (χ2n) is 7.12. The predicted molar refractivity (Wildman–Crippen MR) is 105 cm³/mol. The van der Waals surface area contributed by atoms with Gasteiger partial charge in [-0.05, 0) is 57.2 Å². The summed E-state index contributed by atoms with van der Waals surface area (Å²) < 4.78 is 21.2. The van der Waals surface area contributed by atoms with Crippen molar-refractivity contribution in [3.8, 4) is 17.2 Å². The van der Waals surface area contributed by atoms with Gasteiger partial charge in [-0.2, -0.15) is 0 Å². The summed E-state index contributed by atoms with van der Waals surface area (Å²) in [6.45, 7) is 3.88. The summed E-state index contributed by atoms with van der Waals surface area (Å²) in [6, 6.07) is 3.98. The zero-order chi connectivity index (χ0) is 20.7. The molecule has 1 aliphatic heterocycles. The minimum atomic E-state index is -0.403. The third kappa shape index (κ3) is 5.30. The minimum Gasteiger partial charge on any atom is -0.493 e. The second kappa shape index (κ2) is 10.2. The smallest absolute Gasteiger partial charge is 0.306 e. The first-order chi connectivity index (χ1) is 13.4. The van der Waals surface area contributed by atoms with Crippen LogP contribution in [0.25, 0.3) is 0 Å². The van der Waals surface area contributed by atoms with E-state index in [0.717, 1.165) is 24.8 Å². The topological polar surface area (TPSA) is 74.3 Å². The maximum Gasteiger partial charge on any atom is 0.306 e. The summed E-state index contributed by atoms with van der Waals surface area (Å²) in [7, 11) is 4.63. The molecular weight excluding hydrogens is 362 g/mol. The number of nitrogens with zero attached hydrogens (tertiary/aromatic N) is 1. The summed E-state index contributed by atoms with van der Waals surface area (Å²) in [5.41, 5.74) is 0.857. The highest BCUT2D eigenvalue weighted by Crippen LogP contribution is 2.38. The number of esters is 1. The van der Waals surface area contributed by atoms with E-state index >= 15 is 0 Å². The quantitative estimate of drug-likeness (QED) is 0.632. The number of amides is 1. The molecule has 7 heteroatoms. The van der Waals surface area contributed by atoms with Crippen molar-refractivity contribution in [2.24, 2.45) is 0 Å². The molecular formula is C21H31NO6. The van der Waals surface area contributed by atoms with Crippen LogP contribution in [-0.2, 0) is 20.7 Å². The molecule has 1 fully saturated rings. The van der Waals surface area contributed by atoms with Crippen LogP contribution in [0.1, 0.15) is 45.1 Å². The molecule has 0 N–H and O–H groups in total. The van der Waals surface area contributed by atoms with Crippen LogP contribution < -0.4 is 14.2 Å². The number of ether oxygens (including phenoxy) is 4. The number of benzene rings is 1. The molecule has 28 heavy (non-hydrogen) atoms. The van der Waals surface area contributed by atoms with Crippen LogP contribution >= 0.6 is 0 Å². The standard InChI is InChI=1S/C21H31NO6/c1-14-7-6-8-15(2)22(14)19(23)13-28-20(24)10-9-16-11-17(25-3)21(27-5)18(12-16)26-4/h11-12,14-15H,6-10,13H2,1-5H3/t14-,15+. The van der Waals surface area contributed by atoms with Gasteiger partial charge in [0.25, 0.3) is 5.91 Å². The molecule has 0 bridgehead atoms. The van der Waals surface area contributed by atoms with E-state index in [9.17, 15) is 9.59 Å². The van der Waals surface area contributed by atoms with Crippen molar-refractivity contribution >= 4 is 11.9 Å². The monoisotopic (exact) mass is 393 g/mol. The number of aryl methyl sites for hydroxylation is 1. The number of carbonyl (C=O) groups excluding carboxylic acids is 2. The molecule has 2 rings (SSSR count). The first kappa shape index (κ1) is 21.9. The highest BCUT2D eigenvalue weighted by molar-refractivity contribution is 5.81. The van der Waals surface area contributed by atoms with E-state index in [0.29, 0.717) is 23.7 Å². The molecule has 0 unspecified atom stereocenters. The number of carbonyl (C=O) groups is 2. The lowest BCUT2D eigenvalue weighted by Gasteiger charge is -2.38. The Balaban J connectivity index is 1.89. The van der Waals surface area contributed by atoms with E-state index in [4.69, 9.17) is 18.9 Å². The second-order valence-corrected chi connectivity index (χ2v) is 7.12. The largest absolute Gasteiger partial charge is 0.493 e. The molecule has 0 radical (unpaired) electrons. The van der Waals surface area contributed by atoms with Gasteiger partial charge >= 0.3 is 5.97 Å². The average molecular weight is 393 g/mol. The fourth-order valence-corrected chi connectivity index (χ4v) is 3.73. The Bertz CT molecular complexity index is 654. The van der Waals surface area contributed by atoms with Crippen molar-refractivity contribution in [1.82, 2.24) is 4.90 Å². The van der Waals surface area contributed by atoms with Gasteiger partial charge in [-0.15, -0.1) is 0 Å². The molecule has 7 nitrogen and oxygen atoms in total. The van der Waals surface area contributed by atoms with Crippen molar-refractivity contribution in [1.29, 1.82) is 0 Å². The number of methoxy groups -OCH3 is 3. The van der Waals surface area contributed by atoms with E-state index in [1.807, 2.05) is 18.7 Å². The van der Waals surface area contributed by atoms with Crippen molar-refractivity contribution in [2.45, 2.75) is 58.0 Å². The zero-order valence-corrected chi connectivity index (χ0v) is 17.4. The summed E-state index contributed by atoms with van der Waals surface area (Å²) in [6.07, 6.45) is 3.72. The van der Waals surface area contributed by atoms with Crippen molar-refractivity contribution in [3.63, 3.8) is 0 Å². The van der Waals surface area contributed by atoms with Crippen molar-refractivity contribution < 1.29 is 28.5 Å². The van der Waals surface area contributed by atoms with Gasteiger partial charge in [0, 0.05) is 18.5 Å². The summed E-state index contributed by atoms with van der Waals surface area (Å²) in [5, 5.41) is 0. The van der Waals surface area contributed by atoms with Crippen molar-refractivity contribution in [2.75, 3.05) is 27.9 Å². The lowest BCUT2D eigenvalue weighted by atomic mass is 9.97. The SMILES string of the molecule is COc1cc(CCC(=O)OCC(=O)N2[C@H](C)CCC[C@@H]2C)cc(OC)c1OC. The number of piperidine rings is 1. The Morgan fingerprint density at radius 3 is 2.07 bits per heavy atom. The van der Waals surface area contributed by atoms with E-state index in [-0.39, 0.29) is 31.0 Å². The predicted octanol–water partition coefficient (Wildman–Crippen LogP) is 2.98. The molecule has 0 spiro atoms. The van der Waals surface area contributed by atoms with Gasteiger partial charge in [0.2, 0.25) is 5.75 Å². The summed E-state index contributed by atoms with van der Waals surface area (Å²) in [5.74, 6) is 1.05. The average Bonchev–Trinajstić information content (AvgIpc) is 2.69. The van der Waals surface area contributed by atoms with E-state index in [1.165, 1.54) is 0 Å². The molecule has 156 valence electrons. The molecule has 1 saturated heterocycles. The molecule has 1 amide bonds. The van der Waals surface area contributed by atoms with E-state index in [2.05, 4.69) is 0 Å². The van der Waals surface area contributed by atoms with Gasteiger partial charge in [-0.1, -0.05) is 0 Å². The first-order valence-corrected chi connectivity index (χ1v) is 9.66. The van der Waals surface area contributed by atoms with Crippen LogP contribution in [0.15, 0.2) is 12.1 Å². The van der Waals surface area contributed by atoms with Crippen LogP contribution in [0.2, 0.25) is 0 Å². The number of likely N-dealkylation sites (tertiary alicyclic amines) is 1. The van der Waals surface area contributed by atoms with Crippen LogP contribution in [0.5, 0.6) is 17.2 Å². The Kier molecular flexibility index (Phi) is 7.96. The van der Waals surface area contributed by atoms with E-state index < -0.39 is 5.97 Å². The van der Waals surface area contributed by atoms with E-state index in [1.54, 1.807) is 33.5 Å². The lowest BCUT2D eigenvalue weighted by molar-refractivity contribution is -0.154. The van der Waals surface area contributed by atoms with Crippen LogP contribution in [0, 0.1) is 0 Å². The van der Waals surface area contributed by atoms with Crippen LogP contribution in [0.3, 0.4) is 0 Å². The molecule has 1 aromatic rings. The van der Waals surface area contributed by atoms with Gasteiger partial charge in [0.05, 0.1) is 21.3 Å². The highest BCUT2D eigenvalue weighted by atomic mass is 16.5. The molecule has 0 saturated carbocycles. The zero-order valence-electron chi connectivity index (χ0n) is 17.4. The lowest BCUT2D eigenvalue weighted by Crippen LogP contribution is -2.49. The molecule has 0 aromatic heterocycles. The van der Waals surface area contributed by atoms with Gasteiger partial charge in [-0.3, -0.25) is 9.59 Å². The van der Waals surface area contributed by atoms with Gasteiger partial charge in [-0.25, -0.2) is 0 Å². The fraction of sp³-hybridized carbons (Fsp3) is 0.619. The number of hydrogen-bond donors (Lipinski definition) is 0. The number of rotatable bonds is 8. The Hall–Kier alpha value is -2.44. The summed E-state index contributed by atoms with van der Waals surface area (Å²) in [4.78, 5) is 26.4. The van der Waals surface area contributed by atoms with Crippen molar-refractivity contribution in [3.05, 3.63) is 17.7 Å². The third-order valence-corrected chi connectivity index (χ3v) is 5.18. The minimum absolute atomic E-state index is 0.124. The molecule has 2 atom stereocenters. The molecule has 1 heterocycles. The molecule has 0 aliphatic carbocycles. The third-order valence-electron chi connectivity index (χ3n) is 5.18. The summed E-state index contributed by atoms with van der Waals surface area (Å²) >= 11 is 0. The maximum atomic E-state index is 12.4. The molecule has 1 aliphatic rings.